The number of benzene rings is 1. The number of carbonyl (C=O) groups excluding carboxylic acids is 3. The molecule has 1 unspecified atom stereocenters. The molecule has 1 atom stereocenters. The molecule has 3 aliphatic rings. The Hall–Kier alpha value is -3.46. The van der Waals surface area contributed by atoms with Crippen LogP contribution in [0.2, 0.25) is 0 Å². The van der Waals surface area contributed by atoms with Gasteiger partial charge in [0.05, 0.1) is 28.6 Å². The van der Waals surface area contributed by atoms with Gasteiger partial charge < -0.3 is 14.4 Å². The SMILES string of the molecule is CC(C)(C)OC(=O)Nc1cnc(-c2ccccc2)cc1C(=O)N1CCC(N2CCCC3(C2)CC(C)(C)OC3=O)CC1. The highest BCUT2D eigenvalue weighted by molar-refractivity contribution is 6.03. The summed E-state index contributed by atoms with van der Waals surface area (Å²) in [5.41, 5.74) is 0.750. The van der Waals surface area contributed by atoms with Gasteiger partial charge in [0.2, 0.25) is 0 Å². The number of piperidine rings is 2. The number of anilines is 1. The van der Waals surface area contributed by atoms with E-state index >= 15 is 0 Å². The molecule has 0 bridgehead atoms. The molecule has 3 aliphatic heterocycles. The monoisotopic (exact) mass is 562 g/mol. The van der Waals surface area contributed by atoms with Crippen molar-refractivity contribution in [3.63, 3.8) is 0 Å². The van der Waals surface area contributed by atoms with Crippen molar-refractivity contribution in [2.45, 2.75) is 84.0 Å². The van der Waals surface area contributed by atoms with Crippen LogP contribution in [0.3, 0.4) is 0 Å². The van der Waals surface area contributed by atoms with Gasteiger partial charge in [-0.1, -0.05) is 30.3 Å². The van der Waals surface area contributed by atoms with Gasteiger partial charge in [0, 0.05) is 37.7 Å². The van der Waals surface area contributed by atoms with Gasteiger partial charge in [-0.3, -0.25) is 24.8 Å². The second-order valence-electron chi connectivity index (χ2n) is 13.3. The number of esters is 1. The second kappa shape index (κ2) is 11.1. The average Bonchev–Trinajstić information content (AvgIpc) is 3.14. The summed E-state index contributed by atoms with van der Waals surface area (Å²) in [6, 6.07) is 11.7. The molecule has 4 heterocycles. The molecule has 1 spiro atoms. The van der Waals surface area contributed by atoms with E-state index in [2.05, 4.69) is 15.2 Å². The minimum Gasteiger partial charge on any atom is -0.459 e. The Labute approximate surface area is 242 Å². The molecule has 9 nitrogen and oxygen atoms in total. The van der Waals surface area contributed by atoms with E-state index in [1.807, 2.05) is 49.1 Å². The van der Waals surface area contributed by atoms with Crippen molar-refractivity contribution in [1.82, 2.24) is 14.8 Å². The van der Waals surface area contributed by atoms with Crippen molar-refractivity contribution < 1.29 is 23.9 Å². The minimum absolute atomic E-state index is 0.0586. The first-order valence-corrected chi connectivity index (χ1v) is 14.7. The molecule has 1 aromatic heterocycles. The fourth-order valence-corrected chi connectivity index (χ4v) is 6.59. The third-order valence-corrected chi connectivity index (χ3v) is 8.28. The largest absolute Gasteiger partial charge is 0.459 e. The summed E-state index contributed by atoms with van der Waals surface area (Å²) >= 11 is 0. The molecule has 1 N–H and O–H groups in total. The quantitative estimate of drug-likeness (QED) is 0.491. The van der Waals surface area contributed by atoms with Gasteiger partial charge in [0.15, 0.2) is 0 Å². The summed E-state index contributed by atoms with van der Waals surface area (Å²) < 4.78 is 11.2. The van der Waals surface area contributed by atoms with E-state index in [4.69, 9.17) is 9.47 Å². The molecule has 2 amide bonds. The molecule has 9 heteroatoms. The van der Waals surface area contributed by atoms with Crippen molar-refractivity contribution >= 4 is 23.7 Å². The van der Waals surface area contributed by atoms with Crippen LogP contribution in [0.15, 0.2) is 42.6 Å². The summed E-state index contributed by atoms with van der Waals surface area (Å²) in [7, 11) is 0. The summed E-state index contributed by atoms with van der Waals surface area (Å²) in [5, 5.41) is 2.74. The number of amides is 2. The number of nitrogens with one attached hydrogen (secondary N) is 1. The zero-order valence-corrected chi connectivity index (χ0v) is 24.9. The Morgan fingerprint density at radius 2 is 1.80 bits per heavy atom. The first kappa shape index (κ1) is 29.0. The summed E-state index contributed by atoms with van der Waals surface area (Å²) in [4.78, 5) is 48.2. The highest BCUT2D eigenvalue weighted by Crippen LogP contribution is 2.46. The molecule has 41 heavy (non-hydrogen) atoms. The number of cyclic esters (lactones) is 1. The molecule has 5 rings (SSSR count). The Morgan fingerprint density at radius 1 is 1.10 bits per heavy atom. The van der Waals surface area contributed by atoms with Crippen molar-refractivity contribution in [3.05, 3.63) is 48.2 Å². The molecular formula is C32H42N4O5. The first-order chi connectivity index (χ1) is 19.3. The fraction of sp³-hybridized carbons (Fsp3) is 0.562. The number of nitrogens with zero attached hydrogens (tertiary/aromatic N) is 3. The molecule has 2 aromatic rings. The van der Waals surface area contributed by atoms with Crippen molar-refractivity contribution in [2.24, 2.45) is 5.41 Å². The Morgan fingerprint density at radius 3 is 2.44 bits per heavy atom. The van der Waals surface area contributed by atoms with Gasteiger partial charge in [0.1, 0.15) is 11.2 Å². The summed E-state index contributed by atoms with van der Waals surface area (Å²) in [6.45, 7) is 12.2. The van der Waals surface area contributed by atoms with Gasteiger partial charge in [-0.05, 0) is 72.9 Å². The number of pyridine rings is 1. The van der Waals surface area contributed by atoms with Crippen LogP contribution < -0.4 is 5.32 Å². The fourth-order valence-electron chi connectivity index (χ4n) is 6.59. The van der Waals surface area contributed by atoms with Crippen LogP contribution in [0.4, 0.5) is 10.5 Å². The smallest absolute Gasteiger partial charge is 0.412 e. The number of aromatic nitrogens is 1. The second-order valence-corrected chi connectivity index (χ2v) is 13.3. The average molecular weight is 563 g/mol. The van der Waals surface area contributed by atoms with Crippen LogP contribution in [-0.4, -0.2) is 76.2 Å². The summed E-state index contributed by atoms with van der Waals surface area (Å²) in [5.74, 6) is -0.206. The van der Waals surface area contributed by atoms with Crippen molar-refractivity contribution in [1.29, 1.82) is 0 Å². The van der Waals surface area contributed by atoms with Crippen molar-refractivity contribution in [2.75, 3.05) is 31.5 Å². The van der Waals surface area contributed by atoms with E-state index in [-0.39, 0.29) is 11.9 Å². The highest BCUT2D eigenvalue weighted by Gasteiger charge is 2.54. The minimum atomic E-state index is -0.675. The van der Waals surface area contributed by atoms with Gasteiger partial charge in [-0.25, -0.2) is 4.79 Å². The maximum absolute atomic E-state index is 13.9. The third kappa shape index (κ3) is 6.56. The zero-order valence-electron chi connectivity index (χ0n) is 24.9. The Balaban J connectivity index is 1.30. The van der Waals surface area contributed by atoms with E-state index in [9.17, 15) is 14.4 Å². The van der Waals surface area contributed by atoms with Gasteiger partial charge >= 0.3 is 12.1 Å². The Kier molecular flexibility index (Phi) is 7.85. The zero-order chi connectivity index (χ0) is 29.4. The van der Waals surface area contributed by atoms with Crippen LogP contribution in [0.1, 0.15) is 77.1 Å². The van der Waals surface area contributed by atoms with Gasteiger partial charge in [-0.15, -0.1) is 0 Å². The molecule has 1 aromatic carbocycles. The number of likely N-dealkylation sites (tertiary alicyclic amines) is 2. The van der Waals surface area contributed by atoms with E-state index in [1.165, 1.54) is 6.20 Å². The maximum atomic E-state index is 13.9. The van der Waals surface area contributed by atoms with Crippen LogP contribution in [0.5, 0.6) is 0 Å². The lowest BCUT2D eigenvalue weighted by atomic mass is 9.74. The van der Waals surface area contributed by atoms with Crippen LogP contribution in [0, 0.1) is 5.41 Å². The van der Waals surface area contributed by atoms with E-state index < -0.39 is 22.7 Å². The van der Waals surface area contributed by atoms with Crippen LogP contribution in [0.25, 0.3) is 11.3 Å². The molecular weight excluding hydrogens is 520 g/mol. The number of carbonyl (C=O) groups is 3. The molecule has 3 fully saturated rings. The lowest BCUT2D eigenvalue weighted by Crippen LogP contribution is -2.53. The predicted molar refractivity (Wildman–Crippen MR) is 156 cm³/mol. The topological polar surface area (TPSA) is 101 Å². The standard InChI is InChI=1S/C32H42N4O5/c1-30(2,3)41-29(39)34-26-19-33-25(22-10-7-6-8-11-22)18-24(26)27(37)35-16-12-23(13-17-35)36-15-9-14-32(21-36)20-31(4,5)40-28(32)38/h6-8,10-11,18-19,23H,9,12-17,20-21H2,1-5H3,(H,34,39). The normalized spacial score (nSPS) is 23.3. The molecule has 0 radical (unpaired) electrons. The predicted octanol–water partition coefficient (Wildman–Crippen LogP) is 5.51. The third-order valence-electron chi connectivity index (χ3n) is 8.28. The Bertz CT molecular complexity index is 1300. The number of hydrogen-bond acceptors (Lipinski definition) is 7. The van der Waals surface area contributed by atoms with E-state index in [0.29, 0.717) is 36.1 Å². The highest BCUT2D eigenvalue weighted by atomic mass is 16.6. The van der Waals surface area contributed by atoms with E-state index in [0.717, 1.165) is 50.8 Å². The maximum Gasteiger partial charge on any atom is 0.412 e. The lowest BCUT2D eigenvalue weighted by Gasteiger charge is -2.45. The molecule has 0 saturated carbocycles. The van der Waals surface area contributed by atoms with Gasteiger partial charge in [0.25, 0.3) is 5.91 Å². The number of rotatable bonds is 4. The number of hydrogen-bond donors (Lipinski definition) is 1. The first-order valence-electron chi connectivity index (χ1n) is 14.7. The molecule has 220 valence electrons. The summed E-state index contributed by atoms with van der Waals surface area (Å²) in [6.07, 6.45) is 5.16. The molecule has 0 aliphatic carbocycles. The molecule has 3 saturated heterocycles. The van der Waals surface area contributed by atoms with Crippen molar-refractivity contribution in [3.8, 4) is 11.3 Å². The van der Waals surface area contributed by atoms with Crippen LogP contribution in [-0.2, 0) is 14.3 Å². The number of ether oxygens (including phenoxy) is 2. The van der Waals surface area contributed by atoms with Crippen LogP contribution >= 0.6 is 0 Å². The lowest BCUT2D eigenvalue weighted by molar-refractivity contribution is -0.154. The van der Waals surface area contributed by atoms with Gasteiger partial charge in [-0.2, -0.15) is 0 Å². The van der Waals surface area contributed by atoms with E-state index in [1.54, 1.807) is 26.8 Å².